The number of hydrogen-bond acceptors (Lipinski definition) is 4. The molecule has 0 saturated heterocycles. The molecule has 0 aliphatic carbocycles. The molecule has 0 spiro atoms. The van der Waals surface area contributed by atoms with Crippen molar-refractivity contribution in [1.29, 1.82) is 0 Å². The largest absolute Gasteiger partial charge is 0.467 e. The SMILES string of the molecule is COC(=O)[C@H]1CCc2nnc(-c3ccccc3)n21. The lowest BCUT2D eigenvalue weighted by atomic mass is 10.2. The van der Waals surface area contributed by atoms with Crippen molar-refractivity contribution in [2.45, 2.75) is 18.9 Å². The number of methoxy groups -OCH3 is 1. The lowest BCUT2D eigenvalue weighted by Gasteiger charge is -2.12. The summed E-state index contributed by atoms with van der Waals surface area (Å²) in [7, 11) is 1.41. The number of carbonyl (C=O) groups excluding carboxylic acids is 1. The van der Waals surface area contributed by atoms with Gasteiger partial charge in [0.2, 0.25) is 0 Å². The first kappa shape index (κ1) is 11.0. The van der Waals surface area contributed by atoms with Gasteiger partial charge in [-0.05, 0) is 6.42 Å². The molecule has 1 aliphatic heterocycles. The van der Waals surface area contributed by atoms with Crippen molar-refractivity contribution in [2.24, 2.45) is 0 Å². The number of rotatable bonds is 2. The second-order valence-electron chi connectivity index (χ2n) is 4.25. The van der Waals surface area contributed by atoms with Gasteiger partial charge in [-0.15, -0.1) is 10.2 Å². The topological polar surface area (TPSA) is 57.0 Å². The van der Waals surface area contributed by atoms with E-state index in [0.717, 1.165) is 30.1 Å². The molecular formula is C13H13N3O2. The number of aromatic nitrogens is 3. The van der Waals surface area contributed by atoms with E-state index in [1.165, 1.54) is 7.11 Å². The summed E-state index contributed by atoms with van der Waals surface area (Å²) in [4.78, 5) is 11.8. The first-order valence-corrected chi connectivity index (χ1v) is 5.88. The predicted octanol–water partition coefficient (Wildman–Crippen LogP) is 1.61. The monoisotopic (exact) mass is 243 g/mol. The number of aryl methyl sites for hydroxylation is 1. The third-order valence-electron chi connectivity index (χ3n) is 3.22. The van der Waals surface area contributed by atoms with Crippen LogP contribution in [0.1, 0.15) is 18.3 Å². The van der Waals surface area contributed by atoms with Crippen molar-refractivity contribution in [3.8, 4) is 11.4 Å². The van der Waals surface area contributed by atoms with E-state index < -0.39 is 0 Å². The smallest absolute Gasteiger partial charge is 0.328 e. The van der Waals surface area contributed by atoms with Gasteiger partial charge in [-0.2, -0.15) is 0 Å². The lowest BCUT2D eigenvalue weighted by molar-refractivity contribution is -0.144. The number of esters is 1. The highest BCUT2D eigenvalue weighted by atomic mass is 16.5. The molecule has 1 aromatic carbocycles. The average molecular weight is 243 g/mol. The van der Waals surface area contributed by atoms with Gasteiger partial charge in [0.05, 0.1) is 7.11 Å². The van der Waals surface area contributed by atoms with Crippen LogP contribution in [0.3, 0.4) is 0 Å². The van der Waals surface area contributed by atoms with E-state index in [9.17, 15) is 4.79 Å². The predicted molar refractivity (Wildman–Crippen MR) is 64.8 cm³/mol. The summed E-state index contributed by atoms with van der Waals surface area (Å²) in [6.07, 6.45) is 1.50. The van der Waals surface area contributed by atoms with E-state index in [4.69, 9.17) is 4.74 Å². The summed E-state index contributed by atoms with van der Waals surface area (Å²) in [5.74, 6) is 1.36. The van der Waals surface area contributed by atoms with Crippen molar-refractivity contribution < 1.29 is 9.53 Å². The van der Waals surface area contributed by atoms with Gasteiger partial charge in [0.1, 0.15) is 11.9 Å². The molecule has 0 bridgehead atoms. The Morgan fingerprint density at radius 1 is 1.33 bits per heavy atom. The normalized spacial score (nSPS) is 17.5. The van der Waals surface area contributed by atoms with E-state index in [1.807, 2.05) is 34.9 Å². The number of carbonyl (C=O) groups is 1. The number of benzene rings is 1. The summed E-state index contributed by atoms with van der Waals surface area (Å²) in [5.41, 5.74) is 0.965. The second-order valence-corrected chi connectivity index (χ2v) is 4.25. The minimum absolute atomic E-state index is 0.231. The van der Waals surface area contributed by atoms with Crippen LogP contribution in [0, 0.1) is 0 Å². The van der Waals surface area contributed by atoms with Crippen molar-refractivity contribution >= 4 is 5.97 Å². The Bertz CT molecular complexity index is 577. The first-order chi connectivity index (χ1) is 8.81. The van der Waals surface area contributed by atoms with Gasteiger partial charge in [0.15, 0.2) is 5.82 Å². The fourth-order valence-electron chi connectivity index (χ4n) is 2.36. The van der Waals surface area contributed by atoms with E-state index in [0.29, 0.717) is 0 Å². The molecule has 18 heavy (non-hydrogen) atoms. The van der Waals surface area contributed by atoms with Crippen molar-refractivity contribution in [3.05, 3.63) is 36.2 Å². The van der Waals surface area contributed by atoms with Crippen LogP contribution in [0.2, 0.25) is 0 Å². The van der Waals surface area contributed by atoms with Crippen LogP contribution in [-0.2, 0) is 16.0 Å². The highest BCUT2D eigenvalue weighted by Crippen LogP contribution is 2.31. The Balaban J connectivity index is 2.07. The summed E-state index contributed by atoms with van der Waals surface area (Å²) in [6, 6.07) is 9.46. The van der Waals surface area contributed by atoms with E-state index in [1.54, 1.807) is 0 Å². The fraction of sp³-hybridized carbons (Fsp3) is 0.308. The van der Waals surface area contributed by atoms with Crippen molar-refractivity contribution in [3.63, 3.8) is 0 Å². The Morgan fingerprint density at radius 3 is 2.83 bits per heavy atom. The number of nitrogens with zero attached hydrogens (tertiary/aromatic N) is 3. The molecule has 5 heteroatoms. The number of fused-ring (bicyclic) bond motifs is 1. The molecule has 0 amide bonds. The molecule has 0 saturated carbocycles. The zero-order chi connectivity index (χ0) is 12.5. The summed E-state index contributed by atoms with van der Waals surface area (Å²) >= 11 is 0. The average Bonchev–Trinajstić information content (AvgIpc) is 3.00. The Labute approximate surface area is 104 Å². The first-order valence-electron chi connectivity index (χ1n) is 5.88. The summed E-state index contributed by atoms with van der Waals surface area (Å²) < 4.78 is 6.73. The minimum Gasteiger partial charge on any atom is -0.467 e. The standard InChI is InChI=1S/C13H13N3O2/c1-18-13(17)10-7-8-11-14-15-12(16(10)11)9-5-3-2-4-6-9/h2-6,10H,7-8H2,1H3/t10-/m1/s1. The van der Waals surface area contributed by atoms with Gasteiger partial charge in [-0.1, -0.05) is 30.3 Å². The van der Waals surface area contributed by atoms with E-state index in [2.05, 4.69) is 10.2 Å². The molecule has 1 aromatic heterocycles. The molecule has 0 unspecified atom stereocenters. The van der Waals surface area contributed by atoms with Gasteiger partial charge in [-0.25, -0.2) is 4.79 Å². The Hall–Kier alpha value is -2.17. The third-order valence-corrected chi connectivity index (χ3v) is 3.22. The number of hydrogen-bond donors (Lipinski definition) is 0. The third kappa shape index (κ3) is 1.59. The quantitative estimate of drug-likeness (QED) is 0.752. The molecule has 1 aliphatic rings. The van der Waals surface area contributed by atoms with Crippen LogP contribution in [0.15, 0.2) is 30.3 Å². The molecular weight excluding hydrogens is 230 g/mol. The Kier molecular flexibility index (Phi) is 2.59. The maximum Gasteiger partial charge on any atom is 0.328 e. The van der Waals surface area contributed by atoms with Gasteiger partial charge in [-0.3, -0.25) is 4.57 Å². The van der Waals surface area contributed by atoms with E-state index >= 15 is 0 Å². The van der Waals surface area contributed by atoms with Crippen LogP contribution in [-0.4, -0.2) is 27.8 Å². The molecule has 3 rings (SSSR count). The van der Waals surface area contributed by atoms with Crippen LogP contribution in [0.5, 0.6) is 0 Å². The zero-order valence-electron chi connectivity index (χ0n) is 10.0. The molecule has 92 valence electrons. The lowest BCUT2D eigenvalue weighted by Crippen LogP contribution is -2.18. The van der Waals surface area contributed by atoms with Crippen molar-refractivity contribution in [2.75, 3.05) is 7.11 Å². The molecule has 2 aromatic rings. The molecule has 0 radical (unpaired) electrons. The van der Waals surface area contributed by atoms with Crippen LogP contribution in [0.4, 0.5) is 0 Å². The molecule has 5 nitrogen and oxygen atoms in total. The maximum atomic E-state index is 11.8. The van der Waals surface area contributed by atoms with Gasteiger partial charge >= 0.3 is 5.97 Å². The van der Waals surface area contributed by atoms with E-state index in [-0.39, 0.29) is 12.0 Å². The highest BCUT2D eigenvalue weighted by Gasteiger charge is 2.33. The molecule has 0 fully saturated rings. The van der Waals surface area contributed by atoms with Crippen LogP contribution < -0.4 is 0 Å². The molecule has 2 heterocycles. The van der Waals surface area contributed by atoms with Crippen LogP contribution in [0.25, 0.3) is 11.4 Å². The maximum absolute atomic E-state index is 11.8. The number of ether oxygens (including phenoxy) is 1. The van der Waals surface area contributed by atoms with Crippen LogP contribution >= 0.6 is 0 Å². The van der Waals surface area contributed by atoms with Gasteiger partial charge in [0, 0.05) is 12.0 Å². The van der Waals surface area contributed by atoms with Crippen molar-refractivity contribution in [1.82, 2.24) is 14.8 Å². The summed E-state index contributed by atoms with van der Waals surface area (Å²) in [6.45, 7) is 0. The van der Waals surface area contributed by atoms with Gasteiger partial charge in [0.25, 0.3) is 0 Å². The Morgan fingerprint density at radius 2 is 2.11 bits per heavy atom. The highest BCUT2D eigenvalue weighted by molar-refractivity contribution is 5.76. The fourth-order valence-corrected chi connectivity index (χ4v) is 2.36. The molecule has 1 atom stereocenters. The minimum atomic E-state index is -0.296. The van der Waals surface area contributed by atoms with Gasteiger partial charge < -0.3 is 4.74 Å². The summed E-state index contributed by atoms with van der Waals surface area (Å²) in [5, 5.41) is 8.33. The molecule has 0 N–H and O–H groups in total. The second kappa shape index (κ2) is 4.25. The zero-order valence-corrected chi connectivity index (χ0v) is 10.0.